The first-order valence-corrected chi connectivity index (χ1v) is 9.20. The van der Waals surface area contributed by atoms with E-state index in [1.165, 1.54) is 10.9 Å². The number of ether oxygens (including phenoxy) is 4. The zero-order valence-corrected chi connectivity index (χ0v) is 14.8. The van der Waals surface area contributed by atoms with E-state index in [9.17, 15) is 0 Å². The predicted octanol–water partition coefficient (Wildman–Crippen LogP) is 1.36. The lowest BCUT2D eigenvalue weighted by molar-refractivity contribution is 0.263. The molecule has 5 rings (SSSR count). The van der Waals surface area contributed by atoms with E-state index in [1.807, 2.05) is 19.1 Å². The fourth-order valence-corrected chi connectivity index (χ4v) is 3.39. The first-order chi connectivity index (χ1) is 12.8. The van der Waals surface area contributed by atoms with Gasteiger partial charge >= 0.3 is 6.92 Å². The van der Waals surface area contributed by atoms with Crippen LogP contribution in [0, 0.1) is 0 Å². The quantitative estimate of drug-likeness (QED) is 0.531. The summed E-state index contributed by atoms with van der Waals surface area (Å²) >= 11 is 0. The highest BCUT2D eigenvalue weighted by molar-refractivity contribution is 6.84. The maximum absolute atomic E-state index is 6.03. The van der Waals surface area contributed by atoms with Gasteiger partial charge in [-0.05, 0) is 53.2 Å². The van der Waals surface area contributed by atoms with Crippen molar-refractivity contribution in [3.8, 4) is 22.6 Å². The lowest BCUT2D eigenvalue weighted by atomic mass is 9.58. The number of epoxide rings is 2. The topological polar surface area (TPSA) is 52.8 Å². The van der Waals surface area contributed by atoms with Crippen LogP contribution in [0.2, 0.25) is 0 Å². The molecular weight excluding hydrogens is 331 g/mol. The van der Waals surface area contributed by atoms with Crippen LogP contribution in [0.3, 0.4) is 0 Å². The molecule has 0 aromatic heterocycles. The van der Waals surface area contributed by atoms with Gasteiger partial charge in [-0.3, -0.25) is 0 Å². The van der Waals surface area contributed by atoms with Crippen LogP contribution in [-0.2, 0) is 14.1 Å². The number of hydrogen-bond acceptors (Lipinski definition) is 5. The summed E-state index contributed by atoms with van der Waals surface area (Å²) in [4.78, 5) is 0. The second kappa shape index (κ2) is 6.61. The molecule has 134 valence electrons. The zero-order chi connectivity index (χ0) is 17.5. The Hall–Kier alpha value is -2.02. The third kappa shape index (κ3) is 3.20. The molecule has 2 aromatic rings. The standard InChI is InChI=1S/C20H21BO5/c1-2-26-21-19-5-3-13(22-9-15-11-24-15)7-17(19)18-8-14(4-6-20(18)21)23-10-16-12-25-16/h3-8,15-16H,2,9-12H2,1H3. The van der Waals surface area contributed by atoms with Crippen molar-refractivity contribution in [3.63, 3.8) is 0 Å². The number of rotatable bonds is 8. The van der Waals surface area contributed by atoms with Crippen LogP contribution in [0.5, 0.6) is 11.5 Å². The summed E-state index contributed by atoms with van der Waals surface area (Å²) in [7, 11) is 0. The lowest BCUT2D eigenvalue weighted by Gasteiger charge is -2.10. The molecule has 0 spiro atoms. The van der Waals surface area contributed by atoms with Gasteiger partial charge in [0.05, 0.1) is 13.2 Å². The maximum Gasteiger partial charge on any atom is 0.362 e. The van der Waals surface area contributed by atoms with Crippen LogP contribution in [0.1, 0.15) is 6.92 Å². The van der Waals surface area contributed by atoms with E-state index in [4.69, 9.17) is 23.6 Å². The van der Waals surface area contributed by atoms with E-state index in [0.717, 1.165) is 35.8 Å². The summed E-state index contributed by atoms with van der Waals surface area (Å²) in [6.45, 7) is 5.45. The Morgan fingerprint density at radius 1 is 0.885 bits per heavy atom. The normalized spacial score (nSPS) is 22.0. The van der Waals surface area contributed by atoms with E-state index in [2.05, 4.69) is 24.3 Å². The SMILES string of the molecule is CCOB1c2ccc(OCC3CO3)cc2-c2cc(OCC3CO3)ccc21. The van der Waals surface area contributed by atoms with Crippen molar-refractivity contribution >= 4 is 17.8 Å². The van der Waals surface area contributed by atoms with E-state index < -0.39 is 0 Å². The Bertz CT molecular complexity index is 750. The van der Waals surface area contributed by atoms with E-state index in [0.29, 0.717) is 19.8 Å². The minimum atomic E-state index is -0.0355. The van der Waals surface area contributed by atoms with Crippen molar-refractivity contribution in [2.75, 3.05) is 33.0 Å². The van der Waals surface area contributed by atoms with Gasteiger partial charge in [0, 0.05) is 6.61 Å². The van der Waals surface area contributed by atoms with Gasteiger partial charge in [0.2, 0.25) is 0 Å². The molecule has 26 heavy (non-hydrogen) atoms. The lowest BCUT2D eigenvalue weighted by Crippen LogP contribution is -2.41. The van der Waals surface area contributed by atoms with Crippen LogP contribution >= 0.6 is 0 Å². The van der Waals surface area contributed by atoms with Gasteiger partial charge in [-0.2, -0.15) is 0 Å². The van der Waals surface area contributed by atoms with Crippen LogP contribution in [0.25, 0.3) is 11.1 Å². The summed E-state index contributed by atoms with van der Waals surface area (Å²) in [5, 5.41) is 0. The van der Waals surface area contributed by atoms with E-state index >= 15 is 0 Å². The van der Waals surface area contributed by atoms with Crippen LogP contribution < -0.4 is 20.4 Å². The maximum atomic E-state index is 6.03. The molecule has 3 aliphatic heterocycles. The summed E-state index contributed by atoms with van der Waals surface area (Å²) < 4.78 is 28.2. The Labute approximate surface area is 153 Å². The van der Waals surface area contributed by atoms with Gasteiger partial charge in [0.1, 0.15) is 36.9 Å². The second-order valence-corrected chi connectivity index (χ2v) is 6.87. The van der Waals surface area contributed by atoms with Crippen molar-refractivity contribution in [1.82, 2.24) is 0 Å². The molecule has 2 atom stereocenters. The van der Waals surface area contributed by atoms with Gasteiger partial charge in [0.15, 0.2) is 0 Å². The predicted molar refractivity (Wildman–Crippen MR) is 99.0 cm³/mol. The molecule has 2 saturated heterocycles. The first kappa shape index (κ1) is 16.2. The molecule has 0 aliphatic carbocycles. The summed E-state index contributed by atoms with van der Waals surface area (Å²) in [5.41, 5.74) is 4.67. The van der Waals surface area contributed by atoms with Gasteiger partial charge in [-0.25, -0.2) is 0 Å². The monoisotopic (exact) mass is 352 g/mol. The van der Waals surface area contributed by atoms with Gasteiger partial charge in [0.25, 0.3) is 0 Å². The fraction of sp³-hybridized carbons (Fsp3) is 0.400. The average molecular weight is 352 g/mol. The van der Waals surface area contributed by atoms with Crippen LogP contribution in [0.15, 0.2) is 36.4 Å². The molecule has 0 amide bonds. The molecule has 2 fully saturated rings. The Balaban J connectivity index is 1.45. The van der Waals surface area contributed by atoms with Crippen molar-refractivity contribution in [2.45, 2.75) is 19.1 Å². The summed E-state index contributed by atoms with van der Waals surface area (Å²) in [6.07, 6.45) is 0.493. The average Bonchev–Trinajstić information content (AvgIpc) is 3.58. The Morgan fingerprint density at radius 2 is 1.38 bits per heavy atom. The highest BCUT2D eigenvalue weighted by Gasteiger charge is 2.34. The van der Waals surface area contributed by atoms with Crippen LogP contribution in [0.4, 0.5) is 0 Å². The zero-order valence-electron chi connectivity index (χ0n) is 14.8. The molecule has 0 radical (unpaired) electrons. The van der Waals surface area contributed by atoms with Crippen molar-refractivity contribution < 1.29 is 23.6 Å². The summed E-state index contributed by atoms with van der Waals surface area (Å²) in [5.74, 6) is 1.72. The molecule has 3 aliphatic rings. The van der Waals surface area contributed by atoms with Gasteiger partial charge in [-0.15, -0.1) is 0 Å². The van der Waals surface area contributed by atoms with Crippen molar-refractivity contribution in [1.29, 1.82) is 0 Å². The third-order valence-electron chi connectivity index (χ3n) is 4.91. The highest BCUT2D eigenvalue weighted by Crippen LogP contribution is 2.30. The highest BCUT2D eigenvalue weighted by atomic mass is 16.6. The minimum Gasteiger partial charge on any atom is -0.491 e. The van der Waals surface area contributed by atoms with Gasteiger partial charge < -0.3 is 23.6 Å². The van der Waals surface area contributed by atoms with Crippen molar-refractivity contribution in [3.05, 3.63) is 36.4 Å². The summed E-state index contributed by atoms with van der Waals surface area (Å²) in [6, 6.07) is 12.4. The molecule has 3 heterocycles. The molecule has 0 saturated carbocycles. The largest absolute Gasteiger partial charge is 0.491 e. The molecule has 6 heteroatoms. The number of hydrogen-bond donors (Lipinski definition) is 0. The Kier molecular flexibility index (Phi) is 4.12. The molecule has 2 unspecified atom stereocenters. The van der Waals surface area contributed by atoms with Gasteiger partial charge in [-0.1, -0.05) is 12.1 Å². The number of benzene rings is 2. The molecule has 2 aromatic carbocycles. The van der Waals surface area contributed by atoms with Crippen molar-refractivity contribution in [2.24, 2.45) is 0 Å². The molecule has 5 nitrogen and oxygen atoms in total. The third-order valence-corrected chi connectivity index (χ3v) is 4.91. The molecule has 0 bridgehead atoms. The smallest absolute Gasteiger partial charge is 0.362 e. The molecular formula is C20H21BO5. The van der Waals surface area contributed by atoms with E-state index in [-0.39, 0.29) is 19.1 Å². The Morgan fingerprint density at radius 3 is 1.81 bits per heavy atom. The first-order valence-electron chi connectivity index (χ1n) is 9.20. The molecule has 0 N–H and O–H groups in total. The minimum absolute atomic E-state index is 0.0355. The second-order valence-electron chi connectivity index (χ2n) is 6.87. The number of fused-ring (bicyclic) bond motifs is 3. The van der Waals surface area contributed by atoms with E-state index in [1.54, 1.807) is 0 Å². The van der Waals surface area contributed by atoms with Crippen LogP contribution in [-0.4, -0.2) is 52.2 Å². The fourth-order valence-electron chi connectivity index (χ4n) is 3.39.